The van der Waals surface area contributed by atoms with Crippen molar-refractivity contribution in [2.75, 3.05) is 6.61 Å². The highest BCUT2D eigenvalue weighted by Crippen LogP contribution is 2.40. The van der Waals surface area contributed by atoms with Crippen LogP contribution in [-0.2, 0) is 33.8 Å². The van der Waals surface area contributed by atoms with Gasteiger partial charge in [-0.2, -0.15) is 0 Å². The van der Waals surface area contributed by atoms with E-state index < -0.39 is 16.6 Å². The van der Waals surface area contributed by atoms with Gasteiger partial charge < -0.3 is 14.8 Å². The number of ketones is 1. The zero-order valence-electron chi connectivity index (χ0n) is 19.9. The standard InChI is InChI=1S/C28H26N2O5S/c1-3-20-11-14-24(29-16-20)25(31)18-34-23-12-9-21(10-13-23)15-28(26(32)30-19(2)36-28)27(33)35-17-22-7-5-4-6-8-22/h4-14,16H,2-3,15,17-18H2,1H3,(H,30,32)/t28-/m0/s1. The molecular formula is C28H26N2O5S. The first-order valence-corrected chi connectivity index (χ1v) is 12.3. The van der Waals surface area contributed by atoms with Gasteiger partial charge in [-0.05, 0) is 41.3 Å². The van der Waals surface area contributed by atoms with Crippen LogP contribution in [0.2, 0.25) is 0 Å². The van der Waals surface area contributed by atoms with Crippen LogP contribution in [0.25, 0.3) is 0 Å². The van der Waals surface area contributed by atoms with Gasteiger partial charge in [0.25, 0.3) is 5.91 Å². The van der Waals surface area contributed by atoms with Crippen molar-refractivity contribution < 1.29 is 23.9 Å². The molecule has 1 aliphatic rings. The predicted molar refractivity (Wildman–Crippen MR) is 137 cm³/mol. The normalized spacial score (nSPS) is 16.9. The zero-order chi connectivity index (χ0) is 25.5. The summed E-state index contributed by atoms with van der Waals surface area (Å²) in [5, 5.41) is 3.03. The molecule has 36 heavy (non-hydrogen) atoms. The number of nitrogens with zero attached hydrogens (tertiary/aromatic N) is 1. The molecule has 0 spiro atoms. The lowest BCUT2D eigenvalue weighted by Gasteiger charge is -2.23. The van der Waals surface area contributed by atoms with E-state index in [1.807, 2.05) is 43.3 Å². The number of esters is 1. The topological polar surface area (TPSA) is 94.6 Å². The van der Waals surface area contributed by atoms with Gasteiger partial charge in [0.2, 0.25) is 10.5 Å². The third-order valence-electron chi connectivity index (χ3n) is 5.72. The maximum absolute atomic E-state index is 13.1. The van der Waals surface area contributed by atoms with E-state index in [1.54, 1.807) is 36.5 Å². The lowest BCUT2D eigenvalue weighted by Crippen LogP contribution is -2.46. The molecule has 3 aromatic rings. The molecule has 0 saturated carbocycles. The number of carbonyl (C=O) groups is 3. The second kappa shape index (κ2) is 11.2. The summed E-state index contributed by atoms with van der Waals surface area (Å²) in [6.07, 6.45) is 2.66. The van der Waals surface area contributed by atoms with Gasteiger partial charge in [-0.1, -0.05) is 73.8 Å². The Kier molecular flexibility index (Phi) is 7.85. The van der Waals surface area contributed by atoms with Crippen molar-refractivity contribution >= 4 is 29.4 Å². The van der Waals surface area contributed by atoms with Crippen molar-refractivity contribution in [3.05, 3.63) is 107 Å². The van der Waals surface area contributed by atoms with Crippen LogP contribution in [0, 0.1) is 0 Å². The van der Waals surface area contributed by atoms with Gasteiger partial charge in [-0.25, -0.2) is 4.79 Å². The first-order valence-electron chi connectivity index (χ1n) is 11.5. The third kappa shape index (κ3) is 5.83. The Labute approximate surface area is 213 Å². The van der Waals surface area contributed by atoms with Crippen LogP contribution < -0.4 is 10.1 Å². The van der Waals surface area contributed by atoms with Crippen LogP contribution >= 0.6 is 11.8 Å². The number of aryl methyl sites for hydroxylation is 1. The van der Waals surface area contributed by atoms with E-state index in [-0.39, 0.29) is 25.4 Å². The molecule has 184 valence electrons. The Morgan fingerprint density at radius 2 is 1.72 bits per heavy atom. The molecule has 4 rings (SSSR count). The van der Waals surface area contributed by atoms with Crippen LogP contribution in [-0.4, -0.2) is 34.0 Å². The molecule has 7 nitrogen and oxygen atoms in total. The molecule has 2 aromatic carbocycles. The number of hydrogen-bond acceptors (Lipinski definition) is 7. The van der Waals surface area contributed by atoms with Gasteiger partial charge in [0.05, 0.1) is 5.03 Å². The minimum atomic E-state index is -1.47. The number of benzene rings is 2. The van der Waals surface area contributed by atoms with Crippen LogP contribution in [0.1, 0.15) is 34.1 Å². The molecule has 1 saturated heterocycles. The smallest absolute Gasteiger partial charge is 0.333 e. The molecule has 0 radical (unpaired) electrons. The van der Waals surface area contributed by atoms with E-state index in [9.17, 15) is 14.4 Å². The van der Waals surface area contributed by atoms with Crippen molar-refractivity contribution in [2.24, 2.45) is 0 Å². The molecule has 1 fully saturated rings. The first-order chi connectivity index (χ1) is 17.4. The number of pyridine rings is 1. The SMILES string of the molecule is C=C1NC(=O)[C@@](Cc2ccc(OCC(=O)c3ccc(CC)cn3)cc2)(C(=O)OCc2ccccc2)S1. The summed E-state index contributed by atoms with van der Waals surface area (Å²) in [4.78, 5) is 42.5. The Morgan fingerprint density at radius 3 is 2.33 bits per heavy atom. The summed E-state index contributed by atoms with van der Waals surface area (Å²) in [5.74, 6) is -0.812. The molecule has 1 amide bonds. The largest absolute Gasteiger partial charge is 0.485 e. The average Bonchev–Trinajstić information content (AvgIpc) is 3.20. The maximum Gasteiger partial charge on any atom is 0.333 e. The quantitative estimate of drug-likeness (QED) is 0.251. The van der Waals surface area contributed by atoms with E-state index in [0.29, 0.717) is 16.5 Å². The molecule has 0 bridgehead atoms. The summed E-state index contributed by atoms with van der Waals surface area (Å²) in [5.41, 5.74) is 2.97. The second-order valence-corrected chi connectivity index (χ2v) is 9.70. The highest BCUT2D eigenvalue weighted by Gasteiger charge is 2.53. The van der Waals surface area contributed by atoms with Crippen molar-refractivity contribution in [1.29, 1.82) is 0 Å². The first kappa shape index (κ1) is 25.2. The fraction of sp³-hybridized carbons (Fsp3) is 0.214. The Hall–Kier alpha value is -3.91. The molecule has 1 atom stereocenters. The molecule has 8 heteroatoms. The van der Waals surface area contributed by atoms with Gasteiger partial charge in [0, 0.05) is 12.6 Å². The summed E-state index contributed by atoms with van der Waals surface area (Å²) < 4.78 is 9.67. The number of carbonyl (C=O) groups excluding carboxylic acids is 3. The van der Waals surface area contributed by atoms with Crippen molar-refractivity contribution in [2.45, 2.75) is 31.1 Å². The molecule has 2 heterocycles. The fourth-order valence-corrected chi connectivity index (χ4v) is 4.77. The number of hydrogen-bond donors (Lipinski definition) is 1. The van der Waals surface area contributed by atoms with Gasteiger partial charge in [0.15, 0.2) is 6.61 Å². The Balaban J connectivity index is 1.40. The van der Waals surface area contributed by atoms with Gasteiger partial charge in [-0.15, -0.1) is 0 Å². The number of nitrogens with one attached hydrogen (secondary N) is 1. The second-order valence-electron chi connectivity index (χ2n) is 8.31. The van der Waals surface area contributed by atoms with E-state index in [4.69, 9.17) is 9.47 Å². The third-order valence-corrected chi connectivity index (χ3v) is 6.92. The van der Waals surface area contributed by atoms with Gasteiger partial charge in [-0.3, -0.25) is 14.6 Å². The van der Waals surface area contributed by atoms with Crippen LogP contribution in [0.5, 0.6) is 5.75 Å². The number of rotatable bonds is 10. The minimum Gasteiger partial charge on any atom is -0.485 e. The number of Topliss-reactive ketones (excluding diaryl/α,β-unsaturated/α-hetero) is 1. The average molecular weight is 503 g/mol. The maximum atomic E-state index is 13.1. The van der Waals surface area contributed by atoms with E-state index >= 15 is 0 Å². The molecular weight excluding hydrogens is 476 g/mol. The fourth-order valence-electron chi connectivity index (χ4n) is 3.68. The van der Waals surface area contributed by atoms with Crippen molar-refractivity contribution in [3.63, 3.8) is 0 Å². The summed E-state index contributed by atoms with van der Waals surface area (Å²) in [7, 11) is 0. The number of ether oxygens (including phenoxy) is 2. The van der Waals surface area contributed by atoms with Gasteiger partial charge >= 0.3 is 5.97 Å². The lowest BCUT2D eigenvalue weighted by molar-refractivity contribution is -0.150. The van der Waals surface area contributed by atoms with E-state index in [2.05, 4.69) is 16.9 Å². The van der Waals surface area contributed by atoms with Crippen molar-refractivity contribution in [3.8, 4) is 5.75 Å². The summed E-state index contributed by atoms with van der Waals surface area (Å²) >= 11 is 1.07. The highest BCUT2D eigenvalue weighted by molar-refractivity contribution is 8.06. The monoisotopic (exact) mass is 502 g/mol. The lowest BCUT2D eigenvalue weighted by atomic mass is 9.97. The van der Waals surface area contributed by atoms with Crippen molar-refractivity contribution in [1.82, 2.24) is 10.3 Å². The minimum absolute atomic E-state index is 0.0680. The summed E-state index contributed by atoms with van der Waals surface area (Å²) in [6, 6.07) is 19.8. The molecule has 1 aliphatic heterocycles. The molecule has 0 unspecified atom stereocenters. The van der Waals surface area contributed by atoms with Crippen LogP contribution in [0.15, 0.2) is 84.5 Å². The molecule has 1 aromatic heterocycles. The summed E-state index contributed by atoms with van der Waals surface area (Å²) in [6.45, 7) is 5.74. The highest BCUT2D eigenvalue weighted by atomic mass is 32.2. The van der Waals surface area contributed by atoms with Gasteiger partial charge in [0.1, 0.15) is 18.1 Å². The van der Waals surface area contributed by atoms with Crippen LogP contribution in [0.3, 0.4) is 0 Å². The van der Waals surface area contributed by atoms with E-state index in [1.165, 1.54) is 0 Å². The Bertz CT molecular complexity index is 1260. The number of thioether (sulfide) groups is 1. The van der Waals surface area contributed by atoms with E-state index in [0.717, 1.165) is 34.9 Å². The Morgan fingerprint density at radius 1 is 1.00 bits per heavy atom. The molecule has 0 aliphatic carbocycles. The number of aromatic nitrogens is 1. The number of amides is 1. The van der Waals surface area contributed by atoms with Crippen LogP contribution in [0.4, 0.5) is 0 Å². The predicted octanol–water partition coefficient (Wildman–Crippen LogP) is 4.26. The molecule has 1 N–H and O–H groups in total. The zero-order valence-corrected chi connectivity index (χ0v) is 20.7.